The number of carbonyl (C=O) groups is 1. The lowest BCUT2D eigenvalue weighted by Gasteiger charge is -2.22. The van der Waals surface area contributed by atoms with Crippen LogP contribution in [0.15, 0.2) is 18.3 Å². The van der Waals surface area contributed by atoms with Gasteiger partial charge in [-0.2, -0.15) is 4.39 Å². The number of halogens is 1. The summed E-state index contributed by atoms with van der Waals surface area (Å²) in [5.74, 6) is -1.11. The molecule has 0 fully saturated rings. The van der Waals surface area contributed by atoms with Crippen LogP contribution in [0.4, 0.5) is 4.39 Å². The molecule has 5 heteroatoms. The Balaban J connectivity index is 2.47. The van der Waals surface area contributed by atoms with Gasteiger partial charge in [0, 0.05) is 24.4 Å². The quantitative estimate of drug-likeness (QED) is 0.805. The first kappa shape index (κ1) is 14.6. The van der Waals surface area contributed by atoms with E-state index in [-0.39, 0.29) is 17.5 Å². The average molecular weight is 254 g/mol. The molecule has 0 spiro atoms. The zero-order chi connectivity index (χ0) is 13.8. The van der Waals surface area contributed by atoms with Gasteiger partial charge >= 0.3 is 0 Å². The lowest BCUT2D eigenvalue weighted by molar-refractivity contribution is 0.0868. The van der Waals surface area contributed by atoms with E-state index in [1.54, 1.807) is 0 Å². The fourth-order valence-corrected chi connectivity index (χ4v) is 1.64. The highest BCUT2D eigenvalue weighted by molar-refractivity contribution is 5.93. The maximum atomic E-state index is 12.8. The van der Waals surface area contributed by atoms with E-state index in [0.29, 0.717) is 6.42 Å². The van der Waals surface area contributed by atoms with Crippen LogP contribution in [0.5, 0.6) is 0 Å². The van der Waals surface area contributed by atoms with Crippen LogP contribution >= 0.6 is 0 Å². The van der Waals surface area contributed by atoms with Gasteiger partial charge in [-0.1, -0.05) is 20.8 Å². The molecule has 18 heavy (non-hydrogen) atoms. The van der Waals surface area contributed by atoms with Crippen molar-refractivity contribution >= 4 is 5.91 Å². The highest BCUT2D eigenvalue weighted by atomic mass is 19.1. The number of carbonyl (C=O) groups excluding carboxylic acids is 1. The van der Waals surface area contributed by atoms with Crippen LogP contribution in [-0.2, 0) is 0 Å². The van der Waals surface area contributed by atoms with Crippen LogP contribution in [0.1, 0.15) is 37.6 Å². The third-order valence-corrected chi connectivity index (χ3v) is 2.33. The molecule has 0 saturated heterocycles. The Morgan fingerprint density at radius 1 is 1.56 bits per heavy atom. The summed E-state index contributed by atoms with van der Waals surface area (Å²) in [5.41, 5.74) is 0.192. The van der Waals surface area contributed by atoms with Crippen molar-refractivity contribution in [1.29, 1.82) is 0 Å². The second kappa shape index (κ2) is 5.91. The summed E-state index contributed by atoms with van der Waals surface area (Å²) in [4.78, 5) is 15.0. The number of hydrogen-bond donors (Lipinski definition) is 2. The van der Waals surface area contributed by atoms with Crippen molar-refractivity contribution in [2.75, 3.05) is 6.54 Å². The molecule has 1 aromatic rings. The van der Waals surface area contributed by atoms with Crippen molar-refractivity contribution in [1.82, 2.24) is 10.3 Å². The Bertz CT molecular complexity index is 416. The number of rotatable bonds is 4. The fourth-order valence-electron chi connectivity index (χ4n) is 1.64. The average Bonchev–Trinajstić information content (AvgIpc) is 2.23. The van der Waals surface area contributed by atoms with Crippen molar-refractivity contribution in [3.05, 3.63) is 29.8 Å². The molecule has 2 N–H and O–H groups in total. The molecule has 1 unspecified atom stereocenters. The van der Waals surface area contributed by atoms with Gasteiger partial charge in [0.25, 0.3) is 5.91 Å². The zero-order valence-corrected chi connectivity index (χ0v) is 10.9. The zero-order valence-electron chi connectivity index (χ0n) is 10.9. The molecular weight excluding hydrogens is 235 g/mol. The van der Waals surface area contributed by atoms with E-state index in [1.807, 2.05) is 20.8 Å². The lowest BCUT2D eigenvalue weighted by Crippen LogP contribution is -2.34. The van der Waals surface area contributed by atoms with Crippen molar-refractivity contribution < 1.29 is 14.3 Å². The van der Waals surface area contributed by atoms with Gasteiger partial charge in [-0.05, 0) is 17.9 Å². The van der Waals surface area contributed by atoms with Gasteiger partial charge in [-0.15, -0.1) is 0 Å². The predicted molar refractivity (Wildman–Crippen MR) is 66.6 cm³/mol. The maximum absolute atomic E-state index is 12.8. The van der Waals surface area contributed by atoms with E-state index in [2.05, 4.69) is 10.3 Å². The third-order valence-electron chi connectivity index (χ3n) is 2.33. The van der Waals surface area contributed by atoms with Gasteiger partial charge in [-0.25, -0.2) is 4.98 Å². The second-order valence-electron chi connectivity index (χ2n) is 5.50. The van der Waals surface area contributed by atoms with Crippen LogP contribution in [-0.4, -0.2) is 28.6 Å². The van der Waals surface area contributed by atoms with Crippen LogP contribution in [0.2, 0.25) is 0 Å². The number of aliphatic hydroxyl groups is 1. The van der Waals surface area contributed by atoms with E-state index >= 15 is 0 Å². The Labute approximate surface area is 106 Å². The maximum Gasteiger partial charge on any atom is 0.251 e. The Morgan fingerprint density at radius 3 is 2.78 bits per heavy atom. The minimum Gasteiger partial charge on any atom is -0.391 e. The van der Waals surface area contributed by atoms with Gasteiger partial charge in [0.2, 0.25) is 5.95 Å². The predicted octanol–water partition coefficient (Wildman–Crippen LogP) is 1.75. The highest BCUT2D eigenvalue weighted by Gasteiger charge is 2.17. The fraction of sp³-hybridized carbons (Fsp3) is 0.538. The van der Waals surface area contributed by atoms with Crippen molar-refractivity contribution in [3.8, 4) is 0 Å². The molecule has 4 nitrogen and oxygen atoms in total. The number of hydrogen-bond acceptors (Lipinski definition) is 3. The summed E-state index contributed by atoms with van der Waals surface area (Å²) >= 11 is 0. The van der Waals surface area contributed by atoms with Crippen LogP contribution in [0.3, 0.4) is 0 Å². The summed E-state index contributed by atoms with van der Waals surface area (Å²) < 4.78 is 12.8. The third kappa shape index (κ3) is 5.23. The summed E-state index contributed by atoms with van der Waals surface area (Å²) in [7, 11) is 0. The minimum atomic E-state index is -0.696. The monoisotopic (exact) mass is 254 g/mol. The molecule has 0 radical (unpaired) electrons. The topological polar surface area (TPSA) is 62.2 Å². The smallest absolute Gasteiger partial charge is 0.251 e. The Morgan fingerprint density at radius 2 is 2.22 bits per heavy atom. The number of pyridine rings is 1. The summed E-state index contributed by atoms with van der Waals surface area (Å²) in [6.45, 7) is 6.18. The first-order chi connectivity index (χ1) is 8.28. The summed E-state index contributed by atoms with van der Waals surface area (Å²) in [5, 5.41) is 12.3. The molecule has 0 aliphatic rings. The van der Waals surface area contributed by atoms with Crippen molar-refractivity contribution in [2.45, 2.75) is 33.3 Å². The van der Waals surface area contributed by atoms with Crippen molar-refractivity contribution in [3.63, 3.8) is 0 Å². The molecule has 1 rings (SSSR count). The molecule has 0 saturated carbocycles. The molecule has 0 aliphatic carbocycles. The van der Waals surface area contributed by atoms with Gasteiger partial charge in [0.15, 0.2) is 0 Å². The molecule has 1 atom stereocenters. The normalized spacial score (nSPS) is 13.2. The SMILES string of the molecule is CC(C)(C)CC(O)CNC(=O)c1ccnc(F)c1. The summed E-state index contributed by atoms with van der Waals surface area (Å²) in [6, 6.07) is 2.49. The largest absolute Gasteiger partial charge is 0.391 e. The van der Waals surface area contributed by atoms with E-state index < -0.39 is 18.0 Å². The first-order valence-electron chi connectivity index (χ1n) is 5.86. The van der Waals surface area contributed by atoms with Gasteiger partial charge in [0.1, 0.15) is 0 Å². The molecule has 0 aliphatic heterocycles. The second-order valence-corrected chi connectivity index (χ2v) is 5.50. The van der Waals surface area contributed by atoms with Gasteiger partial charge in [-0.3, -0.25) is 4.79 Å². The molecule has 100 valence electrons. The minimum absolute atomic E-state index is 0.00702. The number of nitrogens with zero attached hydrogens (tertiary/aromatic N) is 1. The molecular formula is C13H19FN2O2. The first-order valence-corrected chi connectivity index (χ1v) is 5.86. The number of aromatic nitrogens is 1. The number of aliphatic hydroxyl groups excluding tert-OH is 1. The van der Waals surface area contributed by atoms with Crippen LogP contribution < -0.4 is 5.32 Å². The number of nitrogens with one attached hydrogen (secondary N) is 1. The van der Waals surface area contributed by atoms with E-state index in [4.69, 9.17) is 0 Å². The van der Waals surface area contributed by atoms with Crippen molar-refractivity contribution in [2.24, 2.45) is 5.41 Å². The Kier molecular flexibility index (Phi) is 4.78. The molecule has 0 aromatic carbocycles. The number of amides is 1. The molecule has 1 amide bonds. The van der Waals surface area contributed by atoms with Crippen LogP contribution in [0.25, 0.3) is 0 Å². The van der Waals surface area contributed by atoms with Crippen LogP contribution in [0, 0.1) is 11.4 Å². The van der Waals surface area contributed by atoms with Gasteiger partial charge in [0.05, 0.1) is 6.10 Å². The lowest BCUT2D eigenvalue weighted by atomic mass is 9.89. The molecule has 1 heterocycles. The standard InChI is InChI=1S/C13H19FN2O2/c1-13(2,3)7-10(17)8-16-12(18)9-4-5-15-11(14)6-9/h4-6,10,17H,7-8H2,1-3H3,(H,16,18). The molecule has 1 aromatic heterocycles. The Hall–Kier alpha value is -1.49. The molecule has 0 bridgehead atoms. The van der Waals surface area contributed by atoms with E-state index in [0.717, 1.165) is 6.07 Å². The summed E-state index contributed by atoms with van der Waals surface area (Å²) in [6.07, 6.45) is 1.20. The van der Waals surface area contributed by atoms with E-state index in [1.165, 1.54) is 12.3 Å². The highest BCUT2D eigenvalue weighted by Crippen LogP contribution is 2.20. The van der Waals surface area contributed by atoms with E-state index in [9.17, 15) is 14.3 Å². The van der Waals surface area contributed by atoms with Gasteiger partial charge < -0.3 is 10.4 Å².